The lowest BCUT2D eigenvalue weighted by Crippen LogP contribution is -2.05. The number of rotatable bonds is 4. The molecule has 0 saturated carbocycles. The second-order valence-corrected chi connectivity index (χ2v) is 3.16. The zero-order valence-electron chi connectivity index (χ0n) is 8.57. The first-order chi connectivity index (χ1) is 7.19. The second kappa shape index (κ2) is 5.46. The Balaban J connectivity index is 2.76. The molecule has 0 spiro atoms. The Hall–Kier alpha value is -1.42. The number of alkyl halides is 1. The summed E-state index contributed by atoms with van der Waals surface area (Å²) in [5.74, 6) is -0.421. The Morgan fingerprint density at radius 3 is 2.53 bits per heavy atom. The topological polar surface area (TPSA) is 52.3 Å². The summed E-state index contributed by atoms with van der Waals surface area (Å²) in [5, 5.41) is 0. The molecule has 0 aliphatic rings. The van der Waals surface area contributed by atoms with E-state index in [1.165, 1.54) is 7.11 Å². The van der Waals surface area contributed by atoms with Crippen molar-refractivity contribution in [1.29, 1.82) is 0 Å². The van der Waals surface area contributed by atoms with Gasteiger partial charge in [-0.15, -0.1) is 0 Å². The maximum Gasteiger partial charge on any atom is 0.337 e. The summed E-state index contributed by atoms with van der Waals surface area (Å²) < 4.78 is 17.9. The van der Waals surface area contributed by atoms with Gasteiger partial charge in [-0.25, -0.2) is 9.18 Å². The average molecular weight is 211 g/mol. The average Bonchev–Trinajstić information content (AvgIpc) is 2.28. The number of ether oxygens (including phenoxy) is 1. The molecule has 1 unspecified atom stereocenters. The van der Waals surface area contributed by atoms with Crippen LogP contribution in [-0.2, 0) is 4.74 Å². The molecule has 0 fully saturated rings. The number of hydrogen-bond donors (Lipinski definition) is 1. The highest BCUT2D eigenvalue weighted by Crippen LogP contribution is 2.20. The smallest absolute Gasteiger partial charge is 0.337 e. The molecule has 1 rings (SSSR count). The van der Waals surface area contributed by atoms with Crippen molar-refractivity contribution in [1.82, 2.24) is 0 Å². The predicted molar refractivity (Wildman–Crippen MR) is 55.3 cm³/mol. The van der Waals surface area contributed by atoms with E-state index >= 15 is 0 Å². The first-order valence-corrected chi connectivity index (χ1v) is 4.71. The number of esters is 1. The van der Waals surface area contributed by atoms with Gasteiger partial charge in [0, 0.05) is 0 Å². The molecule has 1 aromatic rings. The third-order valence-corrected chi connectivity index (χ3v) is 2.11. The van der Waals surface area contributed by atoms with Gasteiger partial charge in [-0.2, -0.15) is 0 Å². The molecule has 82 valence electrons. The Morgan fingerprint density at radius 2 is 2.07 bits per heavy atom. The Bertz CT molecular complexity index is 324. The fraction of sp³-hybridized carbons (Fsp3) is 0.364. The van der Waals surface area contributed by atoms with Gasteiger partial charge in [-0.05, 0) is 30.7 Å². The molecule has 2 N–H and O–H groups in total. The maximum atomic E-state index is 13.4. The molecule has 0 aliphatic heterocycles. The molecule has 0 radical (unpaired) electrons. The molecular formula is C11H14FNO2. The van der Waals surface area contributed by atoms with E-state index in [2.05, 4.69) is 4.74 Å². The van der Waals surface area contributed by atoms with Crippen LogP contribution in [0.15, 0.2) is 24.3 Å². The molecule has 0 heterocycles. The lowest BCUT2D eigenvalue weighted by molar-refractivity contribution is 0.0600. The van der Waals surface area contributed by atoms with Crippen molar-refractivity contribution in [2.75, 3.05) is 13.7 Å². The van der Waals surface area contributed by atoms with Gasteiger partial charge in [-0.3, -0.25) is 0 Å². The van der Waals surface area contributed by atoms with Crippen LogP contribution < -0.4 is 5.73 Å². The summed E-state index contributed by atoms with van der Waals surface area (Å²) in [5.41, 5.74) is 6.21. The van der Waals surface area contributed by atoms with Crippen molar-refractivity contribution >= 4 is 5.97 Å². The molecule has 0 aromatic heterocycles. The Morgan fingerprint density at radius 1 is 1.47 bits per heavy atom. The van der Waals surface area contributed by atoms with Crippen molar-refractivity contribution in [2.24, 2.45) is 5.73 Å². The number of methoxy groups -OCH3 is 1. The maximum absolute atomic E-state index is 13.4. The Kier molecular flexibility index (Phi) is 4.24. The highest BCUT2D eigenvalue weighted by Gasteiger charge is 2.10. The van der Waals surface area contributed by atoms with Crippen LogP contribution in [0.4, 0.5) is 4.39 Å². The van der Waals surface area contributed by atoms with Crippen LogP contribution in [0.3, 0.4) is 0 Å². The first-order valence-electron chi connectivity index (χ1n) is 4.71. The molecule has 0 saturated heterocycles. The van der Waals surface area contributed by atoms with Gasteiger partial charge in [0.15, 0.2) is 0 Å². The Labute approximate surface area is 88.0 Å². The highest BCUT2D eigenvalue weighted by atomic mass is 19.1. The summed E-state index contributed by atoms with van der Waals surface area (Å²) in [6.07, 6.45) is -0.779. The van der Waals surface area contributed by atoms with Crippen molar-refractivity contribution in [3.63, 3.8) is 0 Å². The third kappa shape index (κ3) is 3.02. The molecular weight excluding hydrogens is 197 g/mol. The summed E-state index contributed by atoms with van der Waals surface area (Å²) >= 11 is 0. The normalized spacial score (nSPS) is 12.2. The lowest BCUT2D eigenvalue weighted by atomic mass is 10.1. The van der Waals surface area contributed by atoms with Gasteiger partial charge in [0.25, 0.3) is 0 Å². The van der Waals surface area contributed by atoms with Crippen molar-refractivity contribution in [2.45, 2.75) is 12.6 Å². The molecule has 0 amide bonds. The number of carbonyl (C=O) groups is 1. The summed E-state index contributed by atoms with van der Waals surface area (Å²) in [6.45, 7) is 0.305. The van der Waals surface area contributed by atoms with Gasteiger partial charge in [-0.1, -0.05) is 12.1 Å². The molecule has 0 bridgehead atoms. The number of nitrogens with two attached hydrogens (primary N) is 1. The fourth-order valence-corrected chi connectivity index (χ4v) is 1.26. The van der Waals surface area contributed by atoms with Crippen LogP contribution >= 0.6 is 0 Å². The van der Waals surface area contributed by atoms with E-state index in [-0.39, 0.29) is 6.42 Å². The fourth-order valence-electron chi connectivity index (χ4n) is 1.26. The van der Waals surface area contributed by atoms with E-state index in [0.29, 0.717) is 17.7 Å². The lowest BCUT2D eigenvalue weighted by Gasteiger charge is -2.07. The molecule has 0 aliphatic carbocycles. The van der Waals surface area contributed by atoms with E-state index in [9.17, 15) is 9.18 Å². The van der Waals surface area contributed by atoms with Crippen LogP contribution in [0.1, 0.15) is 28.5 Å². The molecule has 1 aromatic carbocycles. The van der Waals surface area contributed by atoms with E-state index < -0.39 is 12.1 Å². The predicted octanol–water partition coefficient (Wildman–Crippen LogP) is 1.83. The van der Waals surface area contributed by atoms with Gasteiger partial charge in [0.2, 0.25) is 0 Å². The SMILES string of the molecule is COC(=O)c1ccc(C(F)CCN)cc1. The van der Waals surface area contributed by atoms with Crippen LogP contribution in [0.2, 0.25) is 0 Å². The second-order valence-electron chi connectivity index (χ2n) is 3.16. The van der Waals surface area contributed by atoms with Crippen molar-refractivity contribution in [3.8, 4) is 0 Å². The van der Waals surface area contributed by atoms with E-state index in [4.69, 9.17) is 5.73 Å². The van der Waals surface area contributed by atoms with Crippen LogP contribution in [-0.4, -0.2) is 19.6 Å². The molecule has 3 nitrogen and oxygen atoms in total. The first kappa shape index (κ1) is 11.7. The van der Waals surface area contributed by atoms with Crippen LogP contribution in [0.25, 0.3) is 0 Å². The zero-order chi connectivity index (χ0) is 11.3. The minimum absolute atomic E-state index is 0.289. The molecule has 4 heteroatoms. The number of halogens is 1. The van der Waals surface area contributed by atoms with Crippen molar-refractivity contribution in [3.05, 3.63) is 35.4 Å². The van der Waals surface area contributed by atoms with Gasteiger partial charge >= 0.3 is 5.97 Å². The largest absolute Gasteiger partial charge is 0.465 e. The third-order valence-electron chi connectivity index (χ3n) is 2.11. The molecule has 15 heavy (non-hydrogen) atoms. The monoisotopic (exact) mass is 211 g/mol. The van der Waals surface area contributed by atoms with Gasteiger partial charge in [0.05, 0.1) is 12.7 Å². The number of carbonyl (C=O) groups excluding carboxylic acids is 1. The summed E-state index contributed by atoms with van der Waals surface area (Å²) in [7, 11) is 1.31. The quantitative estimate of drug-likeness (QED) is 0.773. The van der Waals surface area contributed by atoms with E-state index in [1.807, 2.05) is 0 Å². The number of hydrogen-bond acceptors (Lipinski definition) is 3. The standard InChI is InChI=1S/C11H14FNO2/c1-15-11(14)9-4-2-8(3-5-9)10(12)6-7-13/h2-5,10H,6-7,13H2,1H3. The van der Waals surface area contributed by atoms with Crippen LogP contribution in [0.5, 0.6) is 0 Å². The van der Waals surface area contributed by atoms with Gasteiger partial charge < -0.3 is 10.5 Å². The van der Waals surface area contributed by atoms with Crippen molar-refractivity contribution < 1.29 is 13.9 Å². The summed E-state index contributed by atoms with van der Waals surface area (Å²) in [6, 6.07) is 6.24. The van der Waals surface area contributed by atoms with Gasteiger partial charge in [0.1, 0.15) is 6.17 Å². The number of benzene rings is 1. The highest BCUT2D eigenvalue weighted by molar-refractivity contribution is 5.89. The molecule has 1 atom stereocenters. The van der Waals surface area contributed by atoms with Crippen LogP contribution in [0, 0.1) is 0 Å². The zero-order valence-corrected chi connectivity index (χ0v) is 8.57. The minimum Gasteiger partial charge on any atom is -0.465 e. The minimum atomic E-state index is -1.07. The van der Waals surface area contributed by atoms with E-state index in [0.717, 1.165) is 0 Å². The summed E-state index contributed by atoms with van der Waals surface area (Å²) in [4.78, 5) is 11.1. The van der Waals surface area contributed by atoms with E-state index in [1.54, 1.807) is 24.3 Å².